The van der Waals surface area contributed by atoms with Crippen molar-refractivity contribution in [1.82, 2.24) is 10.1 Å². The van der Waals surface area contributed by atoms with E-state index in [2.05, 4.69) is 12.1 Å². The molecule has 0 aliphatic carbocycles. The van der Waals surface area contributed by atoms with Crippen LogP contribution in [0.1, 0.15) is 55.8 Å². The van der Waals surface area contributed by atoms with E-state index in [9.17, 15) is 4.79 Å². The predicted octanol–water partition coefficient (Wildman–Crippen LogP) is 2.67. The summed E-state index contributed by atoms with van der Waals surface area (Å²) in [5.74, 6) is 1.64. The third-order valence-corrected chi connectivity index (χ3v) is 3.26. The van der Waals surface area contributed by atoms with Crippen LogP contribution in [0, 0.1) is 5.92 Å². The molecule has 1 aliphatic rings. The van der Waals surface area contributed by atoms with Crippen molar-refractivity contribution < 1.29 is 9.32 Å². The maximum absolute atomic E-state index is 12.2. The van der Waals surface area contributed by atoms with E-state index in [4.69, 9.17) is 4.52 Å². The Morgan fingerprint density at radius 2 is 2.35 bits per heavy atom. The van der Waals surface area contributed by atoms with Crippen molar-refractivity contribution in [2.75, 3.05) is 13.1 Å². The van der Waals surface area contributed by atoms with Crippen LogP contribution < -0.4 is 0 Å². The Morgan fingerprint density at radius 1 is 1.59 bits per heavy atom. The molecule has 4 nitrogen and oxygen atoms in total. The number of nitrogens with zero attached hydrogens (tertiary/aromatic N) is 2. The highest BCUT2D eigenvalue weighted by molar-refractivity contribution is 5.92. The molecule has 0 N–H and O–H groups in total. The summed E-state index contributed by atoms with van der Waals surface area (Å²) in [5, 5.41) is 3.87. The molecule has 1 fully saturated rings. The van der Waals surface area contributed by atoms with E-state index < -0.39 is 0 Å². The highest BCUT2D eigenvalue weighted by atomic mass is 16.5. The van der Waals surface area contributed by atoms with E-state index in [0.29, 0.717) is 11.6 Å². The van der Waals surface area contributed by atoms with Gasteiger partial charge in [0.05, 0.1) is 0 Å². The topological polar surface area (TPSA) is 46.3 Å². The Bertz CT molecular complexity index is 398. The molecule has 0 radical (unpaired) electrons. The van der Waals surface area contributed by atoms with Crippen LogP contribution in [0.3, 0.4) is 0 Å². The number of hydrogen-bond donors (Lipinski definition) is 0. The Morgan fingerprint density at radius 3 is 2.94 bits per heavy atom. The lowest BCUT2D eigenvalue weighted by atomic mass is 10.00. The summed E-state index contributed by atoms with van der Waals surface area (Å²) in [6.07, 6.45) is 2.29. The van der Waals surface area contributed by atoms with Gasteiger partial charge in [0.15, 0.2) is 5.69 Å². The minimum Gasteiger partial charge on any atom is -0.360 e. The van der Waals surface area contributed by atoms with Crippen molar-refractivity contribution in [1.29, 1.82) is 0 Å². The summed E-state index contributed by atoms with van der Waals surface area (Å²) >= 11 is 0. The van der Waals surface area contributed by atoms with Crippen LogP contribution in [0.15, 0.2) is 10.6 Å². The van der Waals surface area contributed by atoms with Gasteiger partial charge in [-0.05, 0) is 18.8 Å². The number of carbonyl (C=O) groups is 1. The number of carbonyl (C=O) groups excluding carboxylic acids is 1. The van der Waals surface area contributed by atoms with Crippen LogP contribution in [0.5, 0.6) is 0 Å². The Hall–Kier alpha value is -1.32. The first-order valence-corrected chi connectivity index (χ1v) is 6.34. The van der Waals surface area contributed by atoms with Gasteiger partial charge in [-0.2, -0.15) is 0 Å². The average molecular weight is 236 g/mol. The SMILES string of the molecule is CC1CCCN(C(=O)c2cc(C(C)C)on2)C1. The molecule has 1 atom stereocenters. The zero-order valence-corrected chi connectivity index (χ0v) is 10.8. The van der Waals surface area contributed by atoms with Crippen molar-refractivity contribution in [3.05, 3.63) is 17.5 Å². The molecule has 1 amide bonds. The van der Waals surface area contributed by atoms with Gasteiger partial charge in [0.25, 0.3) is 5.91 Å². The lowest BCUT2D eigenvalue weighted by Gasteiger charge is -2.30. The number of hydrogen-bond acceptors (Lipinski definition) is 3. The van der Waals surface area contributed by atoms with E-state index in [-0.39, 0.29) is 11.8 Å². The normalized spacial score (nSPS) is 20.9. The highest BCUT2D eigenvalue weighted by Crippen LogP contribution is 2.20. The summed E-state index contributed by atoms with van der Waals surface area (Å²) in [6, 6.07) is 1.77. The van der Waals surface area contributed by atoms with Gasteiger partial charge in [0.1, 0.15) is 5.76 Å². The van der Waals surface area contributed by atoms with Crippen LogP contribution >= 0.6 is 0 Å². The quantitative estimate of drug-likeness (QED) is 0.793. The molecule has 0 bridgehead atoms. The fourth-order valence-corrected chi connectivity index (χ4v) is 2.20. The van der Waals surface area contributed by atoms with E-state index in [1.54, 1.807) is 6.07 Å². The lowest BCUT2D eigenvalue weighted by molar-refractivity contribution is 0.0672. The van der Waals surface area contributed by atoms with Crippen molar-refractivity contribution in [2.24, 2.45) is 5.92 Å². The van der Waals surface area contributed by atoms with Crippen LogP contribution in [-0.2, 0) is 0 Å². The Balaban J connectivity index is 2.07. The summed E-state index contributed by atoms with van der Waals surface area (Å²) in [4.78, 5) is 14.1. The molecule has 1 aromatic heterocycles. The van der Waals surface area contributed by atoms with Gasteiger partial charge >= 0.3 is 0 Å². The van der Waals surface area contributed by atoms with Crippen molar-refractivity contribution >= 4 is 5.91 Å². The maximum atomic E-state index is 12.2. The van der Waals surface area contributed by atoms with Gasteiger partial charge in [-0.25, -0.2) is 0 Å². The third-order valence-electron chi connectivity index (χ3n) is 3.26. The average Bonchev–Trinajstić information content (AvgIpc) is 2.77. The number of amides is 1. The van der Waals surface area contributed by atoms with E-state index >= 15 is 0 Å². The van der Waals surface area contributed by atoms with Crippen molar-refractivity contribution in [2.45, 2.75) is 39.5 Å². The molecule has 4 heteroatoms. The van der Waals surface area contributed by atoms with Crippen LogP contribution in [0.25, 0.3) is 0 Å². The van der Waals surface area contributed by atoms with Crippen LogP contribution in [0.4, 0.5) is 0 Å². The van der Waals surface area contributed by atoms with Gasteiger partial charge in [-0.1, -0.05) is 25.9 Å². The molecule has 1 saturated heterocycles. The maximum Gasteiger partial charge on any atom is 0.276 e. The zero-order valence-electron chi connectivity index (χ0n) is 10.8. The fraction of sp³-hybridized carbons (Fsp3) is 0.692. The van der Waals surface area contributed by atoms with Gasteiger partial charge in [-0.3, -0.25) is 4.79 Å². The van der Waals surface area contributed by atoms with E-state index in [1.807, 2.05) is 18.7 Å². The van der Waals surface area contributed by atoms with Gasteiger partial charge in [0.2, 0.25) is 0 Å². The molecule has 1 unspecified atom stereocenters. The monoisotopic (exact) mass is 236 g/mol. The van der Waals surface area contributed by atoms with Gasteiger partial charge < -0.3 is 9.42 Å². The number of aromatic nitrogens is 1. The molecular formula is C13H20N2O2. The molecule has 0 saturated carbocycles. The lowest BCUT2D eigenvalue weighted by Crippen LogP contribution is -2.39. The third kappa shape index (κ3) is 2.68. The van der Waals surface area contributed by atoms with Crippen molar-refractivity contribution in [3.8, 4) is 0 Å². The second kappa shape index (κ2) is 4.90. The summed E-state index contributed by atoms with van der Waals surface area (Å²) in [6.45, 7) is 7.91. The minimum atomic E-state index is 0.00667. The number of likely N-dealkylation sites (tertiary alicyclic amines) is 1. The fourth-order valence-electron chi connectivity index (χ4n) is 2.20. The second-order valence-corrected chi connectivity index (χ2v) is 5.27. The first kappa shape index (κ1) is 12.1. The highest BCUT2D eigenvalue weighted by Gasteiger charge is 2.24. The van der Waals surface area contributed by atoms with E-state index in [1.165, 1.54) is 6.42 Å². The van der Waals surface area contributed by atoms with Gasteiger partial charge in [-0.15, -0.1) is 0 Å². The Kier molecular flexibility index (Phi) is 3.50. The smallest absolute Gasteiger partial charge is 0.276 e. The molecule has 17 heavy (non-hydrogen) atoms. The molecule has 1 aromatic rings. The predicted molar refractivity (Wildman–Crippen MR) is 64.9 cm³/mol. The summed E-state index contributed by atoms with van der Waals surface area (Å²) in [7, 11) is 0. The Labute approximate surface area is 102 Å². The molecular weight excluding hydrogens is 216 g/mol. The minimum absolute atomic E-state index is 0.00667. The van der Waals surface area contributed by atoms with Crippen LogP contribution in [-0.4, -0.2) is 29.1 Å². The molecule has 0 aromatic carbocycles. The number of piperidine rings is 1. The summed E-state index contributed by atoms with van der Waals surface area (Å²) < 4.78 is 5.17. The number of rotatable bonds is 2. The standard InChI is InChI=1S/C13H20N2O2/c1-9(2)12-7-11(14-17-12)13(16)15-6-4-5-10(3)8-15/h7,9-10H,4-6,8H2,1-3H3. The van der Waals surface area contributed by atoms with E-state index in [0.717, 1.165) is 25.3 Å². The second-order valence-electron chi connectivity index (χ2n) is 5.27. The molecule has 0 spiro atoms. The molecule has 1 aliphatic heterocycles. The van der Waals surface area contributed by atoms with Gasteiger partial charge in [0, 0.05) is 25.1 Å². The molecule has 94 valence electrons. The molecule has 2 rings (SSSR count). The first-order valence-electron chi connectivity index (χ1n) is 6.34. The summed E-state index contributed by atoms with van der Waals surface area (Å²) in [5.41, 5.74) is 0.447. The zero-order chi connectivity index (χ0) is 12.4. The first-order chi connectivity index (χ1) is 8.08. The molecule has 2 heterocycles. The largest absolute Gasteiger partial charge is 0.360 e. The van der Waals surface area contributed by atoms with Crippen LogP contribution in [0.2, 0.25) is 0 Å². The van der Waals surface area contributed by atoms with Crippen molar-refractivity contribution in [3.63, 3.8) is 0 Å².